The second kappa shape index (κ2) is 3.56. The van der Waals surface area contributed by atoms with E-state index in [4.69, 9.17) is 0 Å². The lowest BCUT2D eigenvalue weighted by molar-refractivity contribution is -0.137. The number of hydrogen-bond acceptors (Lipinski definition) is 2. The fourth-order valence-electron chi connectivity index (χ4n) is 1.44. The number of thioether (sulfide) groups is 1. The Balaban J connectivity index is 2.46. The molecule has 80 valence electrons. The van der Waals surface area contributed by atoms with Gasteiger partial charge in [0.2, 0.25) is 0 Å². The van der Waals surface area contributed by atoms with Gasteiger partial charge in [-0.25, -0.2) is 0 Å². The van der Waals surface area contributed by atoms with Crippen LogP contribution in [-0.4, -0.2) is 11.5 Å². The van der Waals surface area contributed by atoms with E-state index in [1.807, 2.05) is 0 Å². The third-order valence-corrected chi connectivity index (χ3v) is 3.25. The first-order valence-electron chi connectivity index (χ1n) is 4.36. The SMILES string of the molecule is O=C1CCSc2cc(C(F)(F)F)ccc21. The van der Waals surface area contributed by atoms with Crippen LogP contribution in [0.2, 0.25) is 0 Å². The lowest BCUT2D eigenvalue weighted by atomic mass is 10.1. The molecule has 0 radical (unpaired) electrons. The molecule has 1 aliphatic heterocycles. The molecule has 0 aliphatic carbocycles. The molecule has 1 aliphatic rings. The van der Waals surface area contributed by atoms with Crippen molar-refractivity contribution in [3.8, 4) is 0 Å². The van der Waals surface area contributed by atoms with E-state index in [0.717, 1.165) is 12.1 Å². The first-order valence-corrected chi connectivity index (χ1v) is 5.34. The fraction of sp³-hybridized carbons (Fsp3) is 0.300. The molecule has 5 heteroatoms. The highest BCUT2D eigenvalue weighted by molar-refractivity contribution is 7.99. The number of carbonyl (C=O) groups is 1. The second-order valence-electron chi connectivity index (χ2n) is 3.23. The quantitative estimate of drug-likeness (QED) is 0.682. The van der Waals surface area contributed by atoms with E-state index in [2.05, 4.69) is 0 Å². The van der Waals surface area contributed by atoms with Crippen LogP contribution in [-0.2, 0) is 6.18 Å². The third-order valence-electron chi connectivity index (χ3n) is 2.20. The summed E-state index contributed by atoms with van der Waals surface area (Å²) in [6, 6.07) is 3.28. The van der Waals surface area contributed by atoms with Crippen molar-refractivity contribution in [2.75, 3.05) is 5.75 Å². The van der Waals surface area contributed by atoms with Gasteiger partial charge in [0, 0.05) is 22.6 Å². The van der Waals surface area contributed by atoms with Gasteiger partial charge in [0.25, 0.3) is 0 Å². The number of rotatable bonds is 0. The van der Waals surface area contributed by atoms with E-state index in [9.17, 15) is 18.0 Å². The molecule has 0 unspecified atom stereocenters. The summed E-state index contributed by atoms with van der Waals surface area (Å²) in [6.45, 7) is 0. The van der Waals surface area contributed by atoms with Crippen molar-refractivity contribution < 1.29 is 18.0 Å². The Morgan fingerprint density at radius 1 is 1.27 bits per heavy atom. The fourth-order valence-corrected chi connectivity index (χ4v) is 2.49. The van der Waals surface area contributed by atoms with Crippen molar-refractivity contribution >= 4 is 17.5 Å². The molecule has 0 atom stereocenters. The van der Waals surface area contributed by atoms with Crippen LogP contribution >= 0.6 is 11.8 Å². The monoisotopic (exact) mass is 232 g/mol. The van der Waals surface area contributed by atoms with E-state index in [-0.39, 0.29) is 5.78 Å². The Kier molecular flexibility index (Phi) is 2.50. The molecular formula is C10H7F3OS. The molecule has 1 heterocycles. The third kappa shape index (κ3) is 2.02. The topological polar surface area (TPSA) is 17.1 Å². The number of benzene rings is 1. The van der Waals surface area contributed by atoms with Gasteiger partial charge in [-0.3, -0.25) is 4.79 Å². The molecule has 1 aromatic rings. The van der Waals surface area contributed by atoms with E-state index >= 15 is 0 Å². The summed E-state index contributed by atoms with van der Waals surface area (Å²) in [7, 11) is 0. The first kappa shape index (κ1) is 10.5. The van der Waals surface area contributed by atoms with E-state index in [0.29, 0.717) is 22.6 Å². The Labute approximate surface area is 88.7 Å². The van der Waals surface area contributed by atoms with Crippen LogP contribution in [0, 0.1) is 0 Å². The molecule has 15 heavy (non-hydrogen) atoms. The van der Waals surface area contributed by atoms with Gasteiger partial charge in [0.05, 0.1) is 5.56 Å². The maximum absolute atomic E-state index is 12.4. The van der Waals surface area contributed by atoms with Gasteiger partial charge in [-0.1, -0.05) is 0 Å². The summed E-state index contributed by atoms with van der Waals surface area (Å²) in [5.74, 6) is 0.491. The van der Waals surface area contributed by atoms with Crippen LogP contribution < -0.4 is 0 Å². The van der Waals surface area contributed by atoms with Gasteiger partial charge >= 0.3 is 6.18 Å². The molecule has 0 spiro atoms. The maximum atomic E-state index is 12.4. The van der Waals surface area contributed by atoms with Crippen molar-refractivity contribution in [2.45, 2.75) is 17.5 Å². The number of halogens is 3. The molecule has 0 amide bonds. The minimum Gasteiger partial charge on any atom is -0.294 e. The number of fused-ring (bicyclic) bond motifs is 1. The Morgan fingerprint density at radius 2 is 2.00 bits per heavy atom. The van der Waals surface area contributed by atoms with Gasteiger partial charge in [-0.2, -0.15) is 13.2 Å². The summed E-state index contributed by atoms with van der Waals surface area (Å²) in [4.78, 5) is 11.8. The highest BCUT2D eigenvalue weighted by Crippen LogP contribution is 2.36. The van der Waals surface area contributed by atoms with Gasteiger partial charge in [-0.05, 0) is 18.2 Å². The van der Waals surface area contributed by atoms with Gasteiger partial charge in [0.1, 0.15) is 0 Å². The average Bonchev–Trinajstić information content (AvgIpc) is 2.16. The molecule has 1 nitrogen and oxygen atoms in total. The van der Waals surface area contributed by atoms with E-state index in [1.54, 1.807) is 0 Å². The van der Waals surface area contributed by atoms with Crippen LogP contribution in [0.15, 0.2) is 23.1 Å². The van der Waals surface area contributed by atoms with Crippen molar-refractivity contribution in [1.82, 2.24) is 0 Å². The minimum absolute atomic E-state index is 0.0718. The minimum atomic E-state index is -4.34. The summed E-state index contributed by atoms with van der Waals surface area (Å²) in [6.07, 6.45) is -3.93. The van der Waals surface area contributed by atoms with Gasteiger partial charge in [-0.15, -0.1) is 11.8 Å². The molecule has 0 saturated heterocycles. The average molecular weight is 232 g/mol. The highest BCUT2D eigenvalue weighted by atomic mass is 32.2. The van der Waals surface area contributed by atoms with E-state index < -0.39 is 11.7 Å². The Morgan fingerprint density at radius 3 is 2.67 bits per heavy atom. The molecule has 0 saturated carbocycles. The van der Waals surface area contributed by atoms with Crippen LogP contribution in [0.3, 0.4) is 0 Å². The lowest BCUT2D eigenvalue weighted by Crippen LogP contribution is -2.11. The summed E-state index contributed by atoms with van der Waals surface area (Å²) in [5, 5.41) is 0. The van der Waals surface area contributed by atoms with Crippen LogP contribution in [0.1, 0.15) is 22.3 Å². The Hall–Kier alpha value is -0.970. The molecule has 0 bridgehead atoms. The predicted molar refractivity (Wildman–Crippen MR) is 51.1 cm³/mol. The number of ketones is 1. The molecule has 0 fully saturated rings. The number of alkyl halides is 3. The summed E-state index contributed by atoms with van der Waals surface area (Å²) in [5.41, 5.74) is -0.275. The summed E-state index contributed by atoms with van der Waals surface area (Å²) < 4.78 is 37.1. The maximum Gasteiger partial charge on any atom is 0.416 e. The second-order valence-corrected chi connectivity index (χ2v) is 4.37. The van der Waals surface area contributed by atoms with Crippen LogP contribution in [0.4, 0.5) is 13.2 Å². The predicted octanol–water partition coefficient (Wildman–Crippen LogP) is 3.38. The zero-order chi connectivity index (χ0) is 11.1. The number of carbonyl (C=O) groups excluding carboxylic acids is 1. The standard InChI is InChI=1S/C10H7F3OS/c11-10(12,13)6-1-2-7-8(14)3-4-15-9(7)5-6/h1-2,5H,3-4H2. The zero-order valence-corrected chi connectivity index (χ0v) is 8.41. The van der Waals surface area contributed by atoms with Gasteiger partial charge < -0.3 is 0 Å². The van der Waals surface area contributed by atoms with Crippen LogP contribution in [0.25, 0.3) is 0 Å². The number of hydrogen-bond donors (Lipinski definition) is 0. The zero-order valence-electron chi connectivity index (χ0n) is 7.60. The molecular weight excluding hydrogens is 225 g/mol. The normalized spacial score (nSPS) is 16.3. The molecule has 0 aromatic heterocycles. The van der Waals surface area contributed by atoms with Crippen molar-refractivity contribution in [1.29, 1.82) is 0 Å². The van der Waals surface area contributed by atoms with Crippen LogP contribution in [0.5, 0.6) is 0 Å². The Bertz CT molecular complexity index is 412. The van der Waals surface area contributed by atoms with Gasteiger partial charge in [0.15, 0.2) is 5.78 Å². The highest BCUT2D eigenvalue weighted by Gasteiger charge is 2.32. The van der Waals surface area contributed by atoms with Crippen molar-refractivity contribution in [3.63, 3.8) is 0 Å². The first-order chi connectivity index (χ1) is 6.98. The molecule has 0 N–H and O–H groups in total. The molecule has 1 aromatic carbocycles. The molecule has 2 rings (SSSR count). The van der Waals surface area contributed by atoms with Crippen molar-refractivity contribution in [2.24, 2.45) is 0 Å². The lowest BCUT2D eigenvalue weighted by Gasteiger charge is -2.16. The van der Waals surface area contributed by atoms with Crippen molar-refractivity contribution in [3.05, 3.63) is 29.3 Å². The largest absolute Gasteiger partial charge is 0.416 e. The number of Topliss-reactive ketones (excluding diaryl/α,β-unsaturated/α-hetero) is 1. The smallest absolute Gasteiger partial charge is 0.294 e. The summed E-state index contributed by atoms with van der Waals surface area (Å²) >= 11 is 1.30. The van der Waals surface area contributed by atoms with E-state index in [1.165, 1.54) is 17.8 Å².